The molecule has 2 aromatic carbocycles. The second-order valence-electron chi connectivity index (χ2n) is 10.4. The van der Waals surface area contributed by atoms with Crippen LogP contribution in [-0.2, 0) is 15.0 Å². The maximum atomic E-state index is 13.8. The van der Waals surface area contributed by atoms with Crippen molar-refractivity contribution in [2.24, 2.45) is 0 Å². The summed E-state index contributed by atoms with van der Waals surface area (Å²) in [6.07, 6.45) is 4.06. The molecule has 16 heteroatoms. The molecule has 224 valence electrons. The Morgan fingerprint density at radius 1 is 1.11 bits per heavy atom. The number of carbonyl (C=O) groups is 3. The highest BCUT2D eigenvalue weighted by Crippen LogP contribution is 2.40. The van der Waals surface area contributed by atoms with Crippen LogP contribution in [0.25, 0.3) is 11.8 Å². The number of carboxylic acid groups (broad SMARTS) is 1. The molecule has 0 saturated heterocycles. The summed E-state index contributed by atoms with van der Waals surface area (Å²) in [4.78, 5) is 55.3. The molecule has 0 radical (unpaired) electrons. The number of rotatable bonds is 7. The van der Waals surface area contributed by atoms with Gasteiger partial charge in [-0.3, -0.25) is 30.0 Å². The first kappa shape index (κ1) is 29.8. The predicted molar refractivity (Wildman–Crippen MR) is 158 cm³/mol. The normalized spacial score (nSPS) is 15.4. The quantitative estimate of drug-likeness (QED) is 0.153. The zero-order chi connectivity index (χ0) is 31.6. The third-order valence-electron chi connectivity index (χ3n) is 6.85. The molecular weight excluding hydrogens is 594 g/mol. The highest BCUT2D eigenvalue weighted by Gasteiger charge is 2.44. The van der Waals surface area contributed by atoms with Gasteiger partial charge < -0.3 is 15.3 Å². The van der Waals surface area contributed by atoms with E-state index in [1.165, 1.54) is 58.4 Å². The van der Waals surface area contributed by atoms with Crippen LogP contribution < -0.4 is 10.6 Å². The molecule has 0 fully saturated rings. The molecule has 0 aliphatic carbocycles. The van der Waals surface area contributed by atoms with E-state index in [-0.39, 0.29) is 23.5 Å². The Morgan fingerprint density at radius 2 is 1.82 bits per heavy atom. The van der Waals surface area contributed by atoms with Gasteiger partial charge in [0.25, 0.3) is 11.6 Å². The molecule has 1 atom stereocenters. The van der Waals surface area contributed by atoms with Gasteiger partial charge in [-0.05, 0) is 59.0 Å². The van der Waals surface area contributed by atoms with Crippen molar-refractivity contribution in [1.82, 2.24) is 30.1 Å². The van der Waals surface area contributed by atoms with Crippen LogP contribution in [0.1, 0.15) is 36.7 Å². The Balaban J connectivity index is 1.53. The molecular formula is C28H24ClN9O6. The third-order valence-corrected chi connectivity index (χ3v) is 7.09. The average Bonchev–Trinajstić information content (AvgIpc) is 3.51. The lowest BCUT2D eigenvalue weighted by molar-refractivity contribution is -0.385. The van der Waals surface area contributed by atoms with Crippen LogP contribution in [0.2, 0.25) is 5.02 Å². The SMILES string of the molecule is CC1(C)CN(C(=O)C=Cc2cc(Cl)ccc2-n2cnnn2)C(C(=O)Nc2ccc(NC(=O)O)cc2)c2cc([N+](=O)[O-])cnc21. The van der Waals surface area contributed by atoms with Crippen LogP contribution in [0.4, 0.5) is 21.9 Å². The number of fused-ring (bicyclic) bond motifs is 1. The summed E-state index contributed by atoms with van der Waals surface area (Å²) in [7, 11) is 0. The number of halogens is 1. The van der Waals surface area contributed by atoms with Gasteiger partial charge in [0.1, 0.15) is 18.6 Å². The number of aromatic nitrogens is 5. The van der Waals surface area contributed by atoms with E-state index < -0.39 is 34.3 Å². The molecule has 3 N–H and O–H groups in total. The summed E-state index contributed by atoms with van der Waals surface area (Å²) in [5, 5.41) is 37.1. The predicted octanol–water partition coefficient (Wildman–Crippen LogP) is 4.22. The molecule has 0 saturated carbocycles. The fraction of sp³-hybridized carbons (Fsp3) is 0.179. The van der Waals surface area contributed by atoms with Gasteiger partial charge in [-0.2, -0.15) is 4.68 Å². The van der Waals surface area contributed by atoms with Gasteiger partial charge in [-0.25, -0.2) is 4.79 Å². The number of pyridine rings is 1. The number of anilines is 2. The van der Waals surface area contributed by atoms with Gasteiger partial charge in [0.05, 0.1) is 16.3 Å². The first-order valence-corrected chi connectivity index (χ1v) is 13.4. The molecule has 0 bridgehead atoms. The smallest absolute Gasteiger partial charge is 0.409 e. The Kier molecular flexibility index (Phi) is 8.05. The highest BCUT2D eigenvalue weighted by molar-refractivity contribution is 6.30. The Bertz CT molecular complexity index is 1790. The van der Waals surface area contributed by atoms with Crippen LogP contribution in [-0.4, -0.2) is 64.6 Å². The van der Waals surface area contributed by atoms with E-state index in [0.717, 1.165) is 6.20 Å². The van der Waals surface area contributed by atoms with E-state index in [9.17, 15) is 24.5 Å². The minimum absolute atomic E-state index is 0.0585. The molecule has 0 spiro atoms. The first-order chi connectivity index (χ1) is 20.9. The molecule has 1 aliphatic heterocycles. The number of amides is 3. The maximum absolute atomic E-state index is 13.8. The van der Waals surface area contributed by atoms with Gasteiger partial charge in [0.2, 0.25) is 5.91 Å². The van der Waals surface area contributed by atoms with Crippen molar-refractivity contribution in [2.75, 3.05) is 17.2 Å². The summed E-state index contributed by atoms with van der Waals surface area (Å²) < 4.78 is 1.40. The lowest BCUT2D eigenvalue weighted by atomic mass is 9.78. The van der Waals surface area contributed by atoms with Crippen LogP contribution in [0.3, 0.4) is 0 Å². The number of hydrogen-bond donors (Lipinski definition) is 3. The minimum atomic E-state index is -1.29. The largest absolute Gasteiger partial charge is 0.465 e. The molecule has 15 nitrogen and oxygen atoms in total. The zero-order valence-corrected chi connectivity index (χ0v) is 24.0. The van der Waals surface area contributed by atoms with E-state index in [1.807, 2.05) is 13.8 Å². The number of benzene rings is 2. The monoisotopic (exact) mass is 617 g/mol. The summed E-state index contributed by atoms with van der Waals surface area (Å²) in [6, 6.07) is 10.8. The lowest BCUT2D eigenvalue weighted by Crippen LogP contribution is -2.51. The fourth-order valence-electron chi connectivity index (χ4n) is 4.96. The van der Waals surface area contributed by atoms with Crippen molar-refractivity contribution in [1.29, 1.82) is 0 Å². The van der Waals surface area contributed by atoms with Gasteiger partial charge in [-0.15, -0.1) is 5.10 Å². The second-order valence-corrected chi connectivity index (χ2v) is 10.9. The molecule has 5 rings (SSSR count). The van der Waals surface area contributed by atoms with Crippen molar-refractivity contribution >= 4 is 52.6 Å². The van der Waals surface area contributed by atoms with Crippen LogP contribution >= 0.6 is 11.6 Å². The summed E-state index contributed by atoms with van der Waals surface area (Å²) in [5.74, 6) is -1.21. The van der Waals surface area contributed by atoms with Crippen LogP contribution in [0, 0.1) is 10.1 Å². The van der Waals surface area contributed by atoms with Crippen LogP contribution in [0.5, 0.6) is 0 Å². The van der Waals surface area contributed by atoms with E-state index in [1.54, 1.807) is 18.2 Å². The standard InChI is InChI=1S/C28H24ClN9O6/c1-28(2)14-36(23(39)10-3-16-11-17(29)4-9-22(16)37-15-31-34-35-37)24(21-12-20(38(43)44)13-30-25(21)28)26(40)32-18-5-7-19(8-6-18)33-27(41)42/h3-13,15,24,33H,14H2,1-2H3,(H,32,40)(H,41,42). The van der Waals surface area contributed by atoms with Gasteiger partial charge >= 0.3 is 6.09 Å². The van der Waals surface area contributed by atoms with Gasteiger partial charge in [0, 0.05) is 51.6 Å². The van der Waals surface area contributed by atoms with E-state index in [0.29, 0.717) is 27.7 Å². The molecule has 44 heavy (non-hydrogen) atoms. The molecule has 3 heterocycles. The van der Waals surface area contributed by atoms with E-state index in [2.05, 4.69) is 31.1 Å². The van der Waals surface area contributed by atoms with E-state index >= 15 is 0 Å². The van der Waals surface area contributed by atoms with Crippen LogP contribution in [0.15, 0.2) is 67.1 Å². The van der Waals surface area contributed by atoms with Gasteiger partial charge in [-0.1, -0.05) is 25.4 Å². The van der Waals surface area contributed by atoms with Crippen molar-refractivity contribution in [3.05, 3.63) is 99.1 Å². The topological polar surface area (TPSA) is 198 Å². The average molecular weight is 618 g/mol. The Hall–Kier alpha value is -5.70. The molecule has 2 aromatic heterocycles. The Labute approximate surface area is 254 Å². The van der Waals surface area contributed by atoms with E-state index in [4.69, 9.17) is 16.7 Å². The molecule has 3 amide bonds. The highest BCUT2D eigenvalue weighted by atomic mass is 35.5. The number of tetrazole rings is 1. The number of nitrogens with zero attached hydrogens (tertiary/aromatic N) is 7. The summed E-state index contributed by atoms with van der Waals surface area (Å²) in [6.45, 7) is 3.70. The number of nitro groups is 1. The molecule has 4 aromatic rings. The Morgan fingerprint density at radius 3 is 2.45 bits per heavy atom. The number of nitrogens with one attached hydrogen (secondary N) is 2. The zero-order valence-electron chi connectivity index (χ0n) is 23.2. The van der Waals surface area contributed by atoms with Gasteiger partial charge in [0.15, 0.2) is 0 Å². The minimum Gasteiger partial charge on any atom is -0.465 e. The number of hydrogen-bond acceptors (Lipinski definition) is 9. The van der Waals surface area contributed by atoms with Crippen molar-refractivity contribution in [3.63, 3.8) is 0 Å². The molecule has 1 unspecified atom stereocenters. The lowest BCUT2D eigenvalue weighted by Gasteiger charge is -2.43. The summed E-state index contributed by atoms with van der Waals surface area (Å²) >= 11 is 6.21. The fourth-order valence-corrected chi connectivity index (χ4v) is 5.14. The van der Waals surface area contributed by atoms with Crippen molar-refractivity contribution in [2.45, 2.75) is 25.3 Å². The summed E-state index contributed by atoms with van der Waals surface area (Å²) in [5.41, 5.74) is 1.18. The van der Waals surface area contributed by atoms with Crippen molar-refractivity contribution < 1.29 is 24.4 Å². The maximum Gasteiger partial charge on any atom is 0.409 e. The first-order valence-electron chi connectivity index (χ1n) is 13.0. The van der Waals surface area contributed by atoms with Crippen molar-refractivity contribution in [3.8, 4) is 5.69 Å². The third kappa shape index (κ3) is 6.22. The second kappa shape index (κ2) is 11.9. The number of carbonyl (C=O) groups excluding carboxylic acids is 2. The molecule has 1 aliphatic rings.